The molecule has 0 saturated carbocycles. The highest BCUT2D eigenvalue weighted by Gasteiger charge is 2.33. The van der Waals surface area contributed by atoms with Crippen LogP contribution >= 0.6 is 11.6 Å². The summed E-state index contributed by atoms with van der Waals surface area (Å²) < 4.78 is 46.6. The van der Waals surface area contributed by atoms with Crippen LogP contribution in [0.25, 0.3) is 0 Å². The predicted octanol–water partition coefficient (Wildman–Crippen LogP) is 4.81. The van der Waals surface area contributed by atoms with Crippen molar-refractivity contribution in [1.82, 2.24) is 10.2 Å². The number of carbonyl (C=O) groups is 2. The smallest absolute Gasteiger partial charge is 0.244 e. The first-order chi connectivity index (χ1) is 19.5. The van der Waals surface area contributed by atoms with E-state index >= 15 is 0 Å². The molecule has 0 bridgehead atoms. The minimum Gasteiger partial charge on any atom is -0.495 e. The van der Waals surface area contributed by atoms with Crippen molar-refractivity contribution in [3.63, 3.8) is 0 Å². The van der Waals surface area contributed by atoms with E-state index in [-0.39, 0.29) is 29.2 Å². The lowest BCUT2D eigenvalue weighted by Gasteiger charge is -2.33. The summed E-state index contributed by atoms with van der Waals surface area (Å²) >= 11 is 6.25. The van der Waals surface area contributed by atoms with Crippen molar-refractivity contribution in [1.29, 1.82) is 0 Å². The molecule has 3 aromatic carbocycles. The van der Waals surface area contributed by atoms with Crippen LogP contribution in [0.15, 0.2) is 72.8 Å². The van der Waals surface area contributed by atoms with Crippen LogP contribution in [-0.4, -0.2) is 57.6 Å². The van der Waals surface area contributed by atoms with E-state index in [2.05, 4.69) is 5.32 Å². The van der Waals surface area contributed by atoms with Crippen LogP contribution in [0.5, 0.6) is 5.75 Å². The van der Waals surface area contributed by atoms with Crippen molar-refractivity contribution < 1.29 is 27.1 Å². The fraction of sp³-hybridized carbons (Fsp3) is 0.333. The summed E-state index contributed by atoms with van der Waals surface area (Å²) in [5.74, 6) is -1.30. The number of rotatable bonds is 14. The molecule has 2 amide bonds. The first-order valence-electron chi connectivity index (χ1n) is 13.2. The number of methoxy groups -OCH3 is 1. The Morgan fingerprint density at radius 1 is 1.05 bits per heavy atom. The Bertz CT molecular complexity index is 1440. The molecular weight excluding hydrogens is 569 g/mol. The van der Waals surface area contributed by atoms with Crippen LogP contribution in [0.4, 0.5) is 10.1 Å². The Morgan fingerprint density at radius 2 is 1.73 bits per heavy atom. The number of nitrogens with one attached hydrogen (secondary N) is 1. The van der Waals surface area contributed by atoms with E-state index < -0.39 is 40.2 Å². The van der Waals surface area contributed by atoms with Crippen LogP contribution in [0.1, 0.15) is 30.9 Å². The topological polar surface area (TPSA) is 96.0 Å². The van der Waals surface area contributed by atoms with Crippen molar-refractivity contribution in [2.45, 2.75) is 38.8 Å². The van der Waals surface area contributed by atoms with E-state index in [1.807, 2.05) is 37.3 Å². The molecule has 0 heterocycles. The maximum absolute atomic E-state index is 14.8. The third-order valence-corrected chi connectivity index (χ3v) is 7.94. The first kappa shape index (κ1) is 31.9. The minimum atomic E-state index is -3.97. The summed E-state index contributed by atoms with van der Waals surface area (Å²) in [6.07, 6.45) is 2.71. The number of sulfonamides is 1. The molecule has 1 atom stereocenters. The highest BCUT2D eigenvalue weighted by Crippen LogP contribution is 2.30. The zero-order chi connectivity index (χ0) is 30.0. The molecule has 0 spiro atoms. The lowest BCUT2D eigenvalue weighted by atomic mass is 10.0. The Morgan fingerprint density at radius 3 is 2.34 bits per heavy atom. The molecule has 11 heteroatoms. The van der Waals surface area contributed by atoms with Gasteiger partial charge < -0.3 is 15.0 Å². The van der Waals surface area contributed by atoms with Gasteiger partial charge in [-0.15, -0.1) is 0 Å². The molecule has 0 aromatic heterocycles. The Labute approximate surface area is 246 Å². The van der Waals surface area contributed by atoms with Crippen LogP contribution in [0.2, 0.25) is 5.02 Å². The minimum absolute atomic E-state index is 0.143. The number of carbonyl (C=O) groups excluding carboxylic acids is 2. The molecule has 0 fully saturated rings. The van der Waals surface area contributed by atoms with E-state index in [1.54, 1.807) is 6.07 Å². The van der Waals surface area contributed by atoms with Gasteiger partial charge in [0.25, 0.3) is 0 Å². The second-order valence-electron chi connectivity index (χ2n) is 9.55. The molecule has 220 valence electrons. The lowest BCUT2D eigenvalue weighted by molar-refractivity contribution is -0.140. The summed E-state index contributed by atoms with van der Waals surface area (Å²) in [6, 6.07) is 18.4. The van der Waals surface area contributed by atoms with Gasteiger partial charge in [-0.25, -0.2) is 12.8 Å². The molecule has 1 unspecified atom stereocenters. The normalized spacial score (nSPS) is 11.9. The van der Waals surface area contributed by atoms with Crippen LogP contribution in [0, 0.1) is 5.82 Å². The number of amides is 2. The molecule has 0 aliphatic carbocycles. The fourth-order valence-electron chi connectivity index (χ4n) is 4.29. The molecular formula is C30H35ClFN3O5S. The van der Waals surface area contributed by atoms with E-state index in [4.69, 9.17) is 16.3 Å². The SMILES string of the molecule is CCCCNC(=O)C(Cc1ccccc1)N(Cc1ccccc1F)C(=O)CN(c1ccc(OC)c(Cl)c1)S(C)(=O)=O. The van der Waals surface area contributed by atoms with Gasteiger partial charge in [-0.1, -0.05) is 73.5 Å². The van der Waals surface area contributed by atoms with Crippen LogP contribution in [-0.2, 0) is 32.6 Å². The summed E-state index contributed by atoms with van der Waals surface area (Å²) in [6.45, 7) is 1.52. The van der Waals surface area contributed by atoms with Gasteiger partial charge in [0.15, 0.2) is 0 Å². The molecule has 1 N–H and O–H groups in total. The average Bonchev–Trinajstić information content (AvgIpc) is 2.94. The summed E-state index contributed by atoms with van der Waals surface area (Å²) in [5.41, 5.74) is 1.12. The second kappa shape index (κ2) is 14.8. The monoisotopic (exact) mass is 603 g/mol. The molecule has 41 heavy (non-hydrogen) atoms. The van der Waals surface area contributed by atoms with Crippen LogP contribution < -0.4 is 14.4 Å². The fourth-order valence-corrected chi connectivity index (χ4v) is 5.39. The number of hydrogen-bond donors (Lipinski definition) is 1. The zero-order valence-electron chi connectivity index (χ0n) is 23.3. The molecule has 3 aromatic rings. The Hall–Kier alpha value is -3.63. The highest BCUT2D eigenvalue weighted by atomic mass is 35.5. The highest BCUT2D eigenvalue weighted by molar-refractivity contribution is 7.92. The van der Waals surface area contributed by atoms with Gasteiger partial charge in [0.05, 0.1) is 24.1 Å². The van der Waals surface area contributed by atoms with Gasteiger partial charge in [-0.2, -0.15) is 0 Å². The number of anilines is 1. The summed E-state index contributed by atoms with van der Waals surface area (Å²) in [4.78, 5) is 28.8. The number of hydrogen-bond acceptors (Lipinski definition) is 5. The number of halogens is 2. The van der Waals surface area contributed by atoms with Crippen LogP contribution in [0.3, 0.4) is 0 Å². The third-order valence-electron chi connectivity index (χ3n) is 6.50. The van der Waals surface area contributed by atoms with E-state index in [1.165, 1.54) is 48.4 Å². The molecule has 8 nitrogen and oxygen atoms in total. The number of ether oxygens (including phenoxy) is 1. The second-order valence-corrected chi connectivity index (χ2v) is 11.9. The molecule has 0 radical (unpaired) electrons. The van der Waals surface area contributed by atoms with Crippen molar-refractivity contribution in [2.24, 2.45) is 0 Å². The van der Waals surface area contributed by atoms with Gasteiger partial charge in [-0.3, -0.25) is 13.9 Å². The molecule has 0 saturated heterocycles. The van der Waals surface area contributed by atoms with Crippen molar-refractivity contribution >= 4 is 39.1 Å². The number of nitrogens with zero attached hydrogens (tertiary/aromatic N) is 2. The van der Waals surface area contributed by atoms with E-state index in [0.717, 1.165) is 29.0 Å². The van der Waals surface area contributed by atoms with Gasteiger partial charge in [-0.05, 0) is 36.2 Å². The molecule has 0 aliphatic heterocycles. The van der Waals surface area contributed by atoms with Gasteiger partial charge in [0, 0.05) is 25.1 Å². The number of benzene rings is 3. The largest absolute Gasteiger partial charge is 0.495 e. The van der Waals surface area contributed by atoms with Gasteiger partial charge in [0.1, 0.15) is 24.2 Å². The molecule has 0 aliphatic rings. The first-order valence-corrected chi connectivity index (χ1v) is 15.4. The van der Waals surface area contributed by atoms with Gasteiger partial charge >= 0.3 is 0 Å². The van der Waals surface area contributed by atoms with Crippen molar-refractivity contribution in [3.8, 4) is 5.75 Å². The molecule has 3 rings (SSSR count). The quantitative estimate of drug-likeness (QED) is 0.267. The van der Waals surface area contributed by atoms with E-state index in [9.17, 15) is 22.4 Å². The summed E-state index contributed by atoms with van der Waals surface area (Å²) in [7, 11) is -2.55. The predicted molar refractivity (Wildman–Crippen MR) is 159 cm³/mol. The van der Waals surface area contributed by atoms with Crippen molar-refractivity contribution in [2.75, 3.05) is 30.8 Å². The Balaban J connectivity index is 2.05. The maximum atomic E-state index is 14.8. The lowest BCUT2D eigenvalue weighted by Crippen LogP contribution is -2.53. The third kappa shape index (κ3) is 8.93. The standard InChI is InChI=1S/C30H35ClFN3O5S/c1-4-5-17-33-30(37)27(18-22-11-7-6-8-12-22)34(20-23-13-9-10-14-26(23)32)29(36)21-35(41(3,38)39)24-15-16-28(40-2)25(31)19-24/h6-16,19,27H,4-5,17-18,20-21H2,1-3H3,(H,33,37). The van der Waals surface area contributed by atoms with Gasteiger partial charge in [0.2, 0.25) is 21.8 Å². The number of unbranched alkanes of at least 4 members (excludes halogenated alkanes) is 1. The Kier molecular flexibility index (Phi) is 11.5. The maximum Gasteiger partial charge on any atom is 0.244 e. The average molecular weight is 604 g/mol. The zero-order valence-corrected chi connectivity index (χ0v) is 24.9. The summed E-state index contributed by atoms with van der Waals surface area (Å²) in [5, 5.41) is 3.04. The van der Waals surface area contributed by atoms with E-state index in [0.29, 0.717) is 12.3 Å². The van der Waals surface area contributed by atoms with Crippen molar-refractivity contribution in [3.05, 3.63) is 94.8 Å².